The highest BCUT2D eigenvalue weighted by molar-refractivity contribution is 5.43. The summed E-state index contributed by atoms with van der Waals surface area (Å²) in [5.74, 6) is 0. The highest BCUT2D eigenvalue weighted by Gasteiger charge is 2.26. The Labute approximate surface area is 116 Å². The smallest absolute Gasteiger partial charge is 0.0393 e. The monoisotopic (exact) mass is 259 g/mol. The first kappa shape index (κ1) is 12.9. The molecule has 3 heteroatoms. The lowest BCUT2D eigenvalue weighted by Gasteiger charge is -2.36. The van der Waals surface area contributed by atoms with E-state index < -0.39 is 0 Å². The van der Waals surface area contributed by atoms with Crippen LogP contribution in [0.2, 0.25) is 0 Å². The second-order valence-corrected chi connectivity index (χ2v) is 6.08. The van der Waals surface area contributed by atoms with Crippen LogP contribution >= 0.6 is 0 Å². The Morgan fingerprint density at radius 1 is 1.16 bits per heavy atom. The largest absolute Gasteiger partial charge is 0.382 e. The second-order valence-electron chi connectivity index (χ2n) is 6.08. The summed E-state index contributed by atoms with van der Waals surface area (Å²) in [4.78, 5) is 6.97. The number of likely N-dealkylation sites (tertiary alicyclic amines) is 1. The number of hydrogen-bond acceptors (Lipinski definition) is 3. The number of nitrogens with zero attached hydrogens (tertiary/aromatic N) is 2. The van der Waals surface area contributed by atoms with E-state index in [4.69, 9.17) is 0 Å². The van der Waals surface area contributed by atoms with Crippen molar-refractivity contribution < 1.29 is 0 Å². The first-order chi connectivity index (χ1) is 9.31. The van der Waals surface area contributed by atoms with Crippen molar-refractivity contribution in [1.29, 1.82) is 0 Å². The van der Waals surface area contributed by atoms with Crippen LogP contribution in [0.25, 0.3) is 0 Å². The van der Waals surface area contributed by atoms with E-state index in [0.717, 1.165) is 11.7 Å². The number of rotatable bonds is 3. The molecule has 3 nitrogen and oxygen atoms in total. The molecule has 2 heterocycles. The predicted molar refractivity (Wildman–Crippen MR) is 79.4 cm³/mol. The maximum absolute atomic E-state index is 4.25. The van der Waals surface area contributed by atoms with E-state index in [0.29, 0.717) is 6.04 Å². The van der Waals surface area contributed by atoms with E-state index in [9.17, 15) is 0 Å². The summed E-state index contributed by atoms with van der Waals surface area (Å²) >= 11 is 0. The molecule has 104 valence electrons. The maximum Gasteiger partial charge on any atom is 0.0393 e. The molecule has 3 rings (SSSR count). The number of hydrogen-bond donors (Lipinski definition) is 1. The van der Waals surface area contributed by atoms with E-state index >= 15 is 0 Å². The van der Waals surface area contributed by atoms with Gasteiger partial charge in [-0.1, -0.05) is 12.8 Å². The van der Waals surface area contributed by atoms with Gasteiger partial charge >= 0.3 is 0 Å². The number of anilines is 1. The Morgan fingerprint density at radius 3 is 2.58 bits per heavy atom. The van der Waals surface area contributed by atoms with Gasteiger partial charge in [-0.2, -0.15) is 0 Å². The van der Waals surface area contributed by atoms with Crippen molar-refractivity contribution in [2.75, 3.05) is 18.4 Å². The van der Waals surface area contributed by atoms with E-state index in [-0.39, 0.29) is 0 Å². The summed E-state index contributed by atoms with van der Waals surface area (Å²) in [6.45, 7) is 4.59. The molecule has 1 aliphatic carbocycles. The van der Waals surface area contributed by atoms with Gasteiger partial charge in [-0.15, -0.1) is 0 Å². The number of piperidine rings is 1. The van der Waals surface area contributed by atoms with Crippen molar-refractivity contribution in [3.05, 3.63) is 24.0 Å². The van der Waals surface area contributed by atoms with Crippen LogP contribution < -0.4 is 5.32 Å². The molecule has 0 amide bonds. The summed E-state index contributed by atoms with van der Waals surface area (Å²) in [5, 5.41) is 3.67. The molecule has 0 spiro atoms. The zero-order chi connectivity index (χ0) is 13.1. The average molecular weight is 259 g/mol. The molecule has 1 N–H and O–H groups in total. The van der Waals surface area contributed by atoms with Crippen molar-refractivity contribution in [3.63, 3.8) is 0 Å². The third-order valence-electron chi connectivity index (χ3n) is 4.64. The van der Waals surface area contributed by atoms with Gasteiger partial charge in [0.1, 0.15) is 0 Å². The van der Waals surface area contributed by atoms with Crippen LogP contribution in [0, 0.1) is 6.92 Å². The number of nitrogens with one attached hydrogen (secondary N) is 1. The Morgan fingerprint density at radius 2 is 1.89 bits per heavy atom. The minimum absolute atomic E-state index is 0.638. The Bertz CT molecular complexity index is 404. The average Bonchev–Trinajstić information content (AvgIpc) is 2.94. The van der Waals surface area contributed by atoms with Gasteiger partial charge in [-0.25, -0.2) is 0 Å². The van der Waals surface area contributed by atoms with E-state index in [1.165, 1.54) is 57.3 Å². The Kier molecular flexibility index (Phi) is 4.02. The first-order valence-electron chi connectivity index (χ1n) is 7.74. The molecule has 0 aromatic carbocycles. The quantitative estimate of drug-likeness (QED) is 0.903. The molecule has 0 bridgehead atoms. The van der Waals surface area contributed by atoms with Gasteiger partial charge in [0.15, 0.2) is 0 Å². The zero-order valence-corrected chi connectivity index (χ0v) is 11.9. The normalized spacial score (nSPS) is 22.8. The van der Waals surface area contributed by atoms with Gasteiger partial charge in [0.25, 0.3) is 0 Å². The summed E-state index contributed by atoms with van der Waals surface area (Å²) in [6.07, 6.45) is 10.2. The first-order valence-corrected chi connectivity index (χ1v) is 7.74. The minimum atomic E-state index is 0.638. The minimum Gasteiger partial charge on any atom is -0.382 e. The third-order valence-corrected chi connectivity index (χ3v) is 4.64. The van der Waals surface area contributed by atoms with E-state index in [1.807, 2.05) is 13.1 Å². The highest BCUT2D eigenvalue weighted by Crippen LogP contribution is 2.26. The molecule has 1 aromatic heterocycles. The molecular formula is C16H25N3. The topological polar surface area (TPSA) is 28.2 Å². The van der Waals surface area contributed by atoms with Crippen LogP contribution in [-0.2, 0) is 0 Å². The molecule has 2 fully saturated rings. The van der Waals surface area contributed by atoms with Crippen molar-refractivity contribution in [1.82, 2.24) is 9.88 Å². The van der Waals surface area contributed by atoms with Crippen molar-refractivity contribution in [2.45, 2.75) is 57.5 Å². The van der Waals surface area contributed by atoms with Crippen LogP contribution in [0.5, 0.6) is 0 Å². The van der Waals surface area contributed by atoms with Crippen molar-refractivity contribution in [3.8, 4) is 0 Å². The van der Waals surface area contributed by atoms with E-state index in [2.05, 4.69) is 27.3 Å². The molecular weight excluding hydrogens is 234 g/mol. The van der Waals surface area contributed by atoms with Crippen LogP contribution in [0.15, 0.2) is 18.3 Å². The molecule has 0 unspecified atom stereocenters. The molecule has 0 radical (unpaired) electrons. The molecule has 1 aliphatic heterocycles. The lowest BCUT2D eigenvalue weighted by atomic mass is 10.0. The molecule has 1 saturated carbocycles. The zero-order valence-electron chi connectivity index (χ0n) is 11.9. The predicted octanol–water partition coefficient (Wildman–Crippen LogP) is 3.21. The van der Waals surface area contributed by atoms with E-state index in [1.54, 1.807) is 0 Å². The van der Waals surface area contributed by atoms with Gasteiger partial charge in [0.2, 0.25) is 0 Å². The Balaban J connectivity index is 1.50. The molecule has 2 aliphatic rings. The molecule has 19 heavy (non-hydrogen) atoms. The van der Waals surface area contributed by atoms with Gasteiger partial charge in [-0.3, -0.25) is 4.98 Å². The maximum atomic E-state index is 4.25. The van der Waals surface area contributed by atoms with Crippen LogP contribution in [0.1, 0.15) is 44.2 Å². The highest BCUT2D eigenvalue weighted by atomic mass is 15.2. The van der Waals surface area contributed by atoms with Crippen LogP contribution in [0.4, 0.5) is 5.69 Å². The van der Waals surface area contributed by atoms with Gasteiger partial charge in [0, 0.05) is 42.8 Å². The van der Waals surface area contributed by atoms with Gasteiger partial charge < -0.3 is 10.2 Å². The molecule has 1 saturated heterocycles. The van der Waals surface area contributed by atoms with Crippen molar-refractivity contribution >= 4 is 5.69 Å². The lowest BCUT2D eigenvalue weighted by Crippen LogP contribution is -2.43. The van der Waals surface area contributed by atoms with Crippen molar-refractivity contribution in [2.24, 2.45) is 0 Å². The van der Waals surface area contributed by atoms with Gasteiger partial charge in [-0.05, 0) is 44.7 Å². The van der Waals surface area contributed by atoms with Crippen LogP contribution in [-0.4, -0.2) is 35.1 Å². The third kappa shape index (κ3) is 3.27. The summed E-state index contributed by atoms with van der Waals surface area (Å²) < 4.78 is 0. The summed E-state index contributed by atoms with van der Waals surface area (Å²) in [6, 6.07) is 5.75. The summed E-state index contributed by atoms with van der Waals surface area (Å²) in [7, 11) is 0. The number of aromatic nitrogens is 1. The second kappa shape index (κ2) is 5.91. The fraction of sp³-hybridized carbons (Fsp3) is 0.688. The molecule has 0 atom stereocenters. The molecule has 1 aromatic rings. The number of aryl methyl sites for hydroxylation is 1. The summed E-state index contributed by atoms with van der Waals surface area (Å²) in [5.41, 5.74) is 2.32. The van der Waals surface area contributed by atoms with Gasteiger partial charge in [0.05, 0.1) is 0 Å². The Hall–Kier alpha value is -1.09. The fourth-order valence-electron chi connectivity index (χ4n) is 3.55. The SMILES string of the molecule is Cc1cc(NC2CCN(C3CCCC3)CC2)ccn1. The van der Waals surface area contributed by atoms with Crippen LogP contribution in [0.3, 0.4) is 0 Å². The fourth-order valence-corrected chi connectivity index (χ4v) is 3.55. The standard InChI is InChI=1S/C16H25N3/c1-13-12-15(6-9-17-13)18-14-7-10-19(11-8-14)16-4-2-3-5-16/h6,9,12,14,16H,2-5,7-8,10-11H2,1H3,(H,17,18). The number of pyridine rings is 1. The lowest BCUT2D eigenvalue weighted by molar-refractivity contribution is 0.159.